The van der Waals surface area contributed by atoms with Gasteiger partial charge in [-0.3, -0.25) is 9.59 Å². The van der Waals surface area contributed by atoms with Crippen molar-refractivity contribution in [1.29, 1.82) is 0 Å². The number of hydrogen-bond donors (Lipinski definition) is 2. The van der Waals surface area contributed by atoms with Crippen molar-refractivity contribution in [3.05, 3.63) is 24.2 Å². The van der Waals surface area contributed by atoms with Gasteiger partial charge in [-0.15, -0.1) is 0 Å². The second kappa shape index (κ2) is 4.58. The number of aryl methyl sites for hydroxylation is 1. The Labute approximate surface area is 98.0 Å². The van der Waals surface area contributed by atoms with Gasteiger partial charge in [-0.25, -0.2) is 0 Å². The van der Waals surface area contributed by atoms with Crippen LogP contribution in [0.3, 0.4) is 0 Å². The Hall–Kier alpha value is -1.82. The van der Waals surface area contributed by atoms with Crippen LogP contribution in [0.5, 0.6) is 0 Å². The van der Waals surface area contributed by atoms with Crippen LogP contribution in [0.25, 0.3) is 0 Å². The van der Waals surface area contributed by atoms with Gasteiger partial charge in [0, 0.05) is 6.42 Å². The molecule has 0 radical (unpaired) electrons. The molecule has 1 aromatic heterocycles. The first-order chi connectivity index (χ1) is 8.09. The topological polar surface area (TPSA) is 96.8 Å². The highest BCUT2D eigenvalue weighted by Crippen LogP contribution is 2.22. The predicted octanol–water partition coefficient (Wildman–Crippen LogP) is -0.165. The van der Waals surface area contributed by atoms with Gasteiger partial charge in [0.15, 0.2) is 0 Å². The minimum Gasteiger partial charge on any atom is -0.480 e. The van der Waals surface area contributed by atoms with Gasteiger partial charge >= 0.3 is 5.97 Å². The Morgan fingerprint density at radius 3 is 2.94 bits per heavy atom. The zero-order valence-electron chi connectivity index (χ0n) is 9.20. The molecule has 0 spiro atoms. The Morgan fingerprint density at radius 2 is 2.35 bits per heavy atom. The van der Waals surface area contributed by atoms with E-state index in [1.807, 2.05) is 6.07 Å². The number of hydrogen-bond acceptors (Lipinski definition) is 4. The van der Waals surface area contributed by atoms with E-state index in [0.717, 1.165) is 5.76 Å². The highest BCUT2D eigenvalue weighted by molar-refractivity contribution is 5.91. The number of likely N-dealkylation sites (tertiary alicyclic amines) is 1. The highest BCUT2D eigenvalue weighted by atomic mass is 16.4. The minimum absolute atomic E-state index is 0.205. The lowest BCUT2D eigenvalue weighted by molar-refractivity contribution is -0.157. The molecule has 92 valence electrons. The average molecular weight is 238 g/mol. The van der Waals surface area contributed by atoms with E-state index in [4.69, 9.17) is 15.3 Å². The molecule has 1 amide bonds. The molecule has 1 fully saturated rings. The third kappa shape index (κ3) is 2.31. The summed E-state index contributed by atoms with van der Waals surface area (Å²) in [4.78, 5) is 23.3. The second-order valence-electron chi connectivity index (χ2n) is 4.07. The molecule has 17 heavy (non-hydrogen) atoms. The molecule has 6 heteroatoms. The van der Waals surface area contributed by atoms with Gasteiger partial charge < -0.3 is 20.2 Å². The van der Waals surface area contributed by atoms with E-state index in [-0.39, 0.29) is 18.5 Å². The van der Waals surface area contributed by atoms with Gasteiger partial charge in [0.05, 0.1) is 12.3 Å². The Bertz CT molecular complexity index is 415. The molecule has 3 N–H and O–H groups in total. The fourth-order valence-electron chi connectivity index (χ4n) is 2.05. The van der Waals surface area contributed by atoms with Crippen LogP contribution in [-0.4, -0.2) is 40.5 Å². The van der Waals surface area contributed by atoms with Crippen LogP contribution in [0.4, 0.5) is 0 Å². The van der Waals surface area contributed by atoms with Crippen LogP contribution in [0.2, 0.25) is 0 Å². The van der Waals surface area contributed by atoms with Gasteiger partial charge in [-0.2, -0.15) is 0 Å². The summed E-state index contributed by atoms with van der Waals surface area (Å²) >= 11 is 0. The molecule has 0 aromatic carbocycles. The van der Waals surface area contributed by atoms with E-state index in [0.29, 0.717) is 12.8 Å². The fraction of sp³-hybridized carbons (Fsp3) is 0.455. The molecule has 0 saturated carbocycles. The van der Waals surface area contributed by atoms with Gasteiger partial charge in [0.25, 0.3) is 0 Å². The average Bonchev–Trinajstić information content (AvgIpc) is 2.80. The summed E-state index contributed by atoms with van der Waals surface area (Å²) in [5.41, 5.74) is 5.66. The van der Waals surface area contributed by atoms with Crippen molar-refractivity contribution in [1.82, 2.24) is 4.90 Å². The summed E-state index contributed by atoms with van der Waals surface area (Å²) in [6.45, 7) is -0.282. The Morgan fingerprint density at radius 1 is 1.59 bits per heavy atom. The fourth-order valence-corrected chi connectivity index (χ4v) is 2.05. The number of carbonyl (C=O) groups excluding carboxylic acids is 1. The quantitative estimate of drug-likeness (QED) is 0.694. The summed E-state index contributed by atoms with van der Waals surface area (Å²) in [6, 6.07) is 2.84. The van der Waals surface area contributed by atoms with Crippen LogP contribution in [0, 0.1) is 0 Å². The molecule has 1 aromatic rings. The number of carboxylic acids is 1. The Balaban J connectivity index is 1.90. The predicted molar refractivity (Wildman–Crippen MR) is 58.1 cm³/mol. The number of carboxylic acid groups (broad SMARTS) is 1. The van der Waals surface area contributed by atoms with E-state index in [1.165, 1.54) is 4.90 Å². The van der Waals surface area contributed by atoms with Gasteiger partial charge in [0.2, 0.25) is 5.91 Å². The molecule has 1 saturated heterocycles. The van der Waals surface area contributed by atoms with Crippen molar-refractivity contribution in [2.45, 2.75) is 24.9 Å². The molecular weight excluding hydrogens is 224 g/mol. The minimum atomic E-state index is -1.02. The summed E-state index contributed by atoms with van der Waals surface area (Å²) in [7, 11) is 0. The first-order valence-corrected chi connectivity index (χ1v) is 5.40. The lowest BCUT2D eigenvalue weighted by Gasteiger charge is -2.44. The van der Waals surface area contributed by atoms with Crippen molar-refractivity contribution in [2.75, 3.05) is 6.54 Å². The number of carbonyl (C=O) groups is 2. The lowest BCUT2D eigenvalue weighted by atomic mass is 9.91. The van der Waals surface area contributed by atoms with E-state index < -0.39 is 12.0 Å². The third-order valence-corrected chi connectivity index (χ3v) is 2.96. The van der Waals surface area contributed by atoms with Crippen LogP contribution >= 0.6 is 0 Å². The monoisotopic (exact) mass is 238 g/mol. The van der Waals surface area contributed by atoms with Crippen molar-refractivity contribution in [3.63, 3.8) is 0 Å². The second-order valence-corrected chi connectivity index (χ2v) is 4.07. The van der Waals surface area contributed by atoms with Crippen LogP contribution < -0.4 is 5.73 Å². The zero-order chi connectivity index (χ0) is 12.4. The van der Waals surface area contributed by atoms with E-state index in [9.17, 15) is 9.59 Å². The Kier molecular flexibility index (Phi) is 3.14. The molecule has 0 aliphatic carbocycles. The number of furan rings is 1. The molecule has 2 atom stereocenters. The van der Waals surface area contributed by atoms with E-state index >= 15 is 0 Å². The molecule has 2 rings (SSSR count). The first-order valence-electron chi connectivity index (χ1n) is 5.40. The smallest absolute Gasteiger partial charge is 0.323 e. The molecule has 0 bridgehead atoms. The molecule has 2 heterocycles. The number of amides is 1. The maximum absolute atomic E-state index is 11.4. The van der Waals surface area contributed by atoms with Gasteiger partial charge in [0.1, 0.15) is 18.3 Å². The number of aliphatic carboxylic acids is 1. The van der Waals surface area contributed by atoms with Crippen molar-refractivity contribution in [2.24, 2.45) is 5.73 Å². The normalized spacial score (nSPS) is 23.6. The van der Waals surface area contributed by atoms with E-state index in [1.54, 1.807) is 12.3 Å². The largest absolute Gasteiger partial charge is 0.480 e. The van der Waals surface area contributed by atoms with Gasteiger partial charge in [-0.1, -0.05) is 0 Å². The molecule has 1 aliphatic heterocycles. The summed E-state index contributed by atoms with van der Waals surface area (Å²) < 4.78 is 5.17. The first kappa shape index (κ1) is 11.7. The number of rotatable bonds is 5. The van der Waals surface area contributed by atoms with Crippen LogP contribution in [-0.2, 0) is 16.0 Å². The van der Waals surface area contributed by atoms with Crippen molar-refractivity contribution >= 4 is 11.9 Å². The van der Waals surface area contributed by atoms with Crippen molar-refractivity contribution in [3.8, 4) is 0 Å². The molecule has 6 nitrogen and oxygen atoms in total. The maximum Gasteiger partial charge on any atom is 0.323 e. The standard InChI is InChI=1S/C11H14N2O4/c12-10-8(4-3-7-2-1-5-17-7)13(11(10)16)6-9(14)15/h1-2,5,8,10H,3-4,6,12H2,(H,14,15)/t8-,10+/m0/s1. The van der Waals surface area contributed by atoms with E-state index in [2.05, 4.69) is 0 Å². The number of nitrogens with two attached hydrogens (primary N) is 1. The maximum atomic E-state index is 11.4. The zero-order valence-corrected chi connectivity index (χ0v) is 9.20. The third-order valence-electron chi connectivity index (χ3n) is 2.96. The summed E-state index contributed by atoms with van der Waals surface area (Å²) in [5.74, 6) is -0.503. The lowest BCUT2D eigenvalue weighted by Crippen LogP contribution is -2.69. The summed E-state index contributed by atoms with van der Waals surface area (Å²) in [5, 5.41) is 8.67. The molecule has 0 unspecified atom stereocenters. The molecule has 1 aliphatic rings. The number of β-lactam (4-membered cyclic amide) rings is 1. The van der Waals surface area contributed by atoms with Gasteiger partial charge in [-0.05, 0) is 18.6 Å². The highest BCUT2D eigenvalue weighted by Gasteiger charge is 2.45. The SMILES string of the molecule is N[C@H]1C(=O)N(CC(=O)O)[C@H]1CCc1ccco1. The van der Waals surface area contributed by atoms with Crippen LogP contribution in [0.1, 0.15) is 12.2 Å². The summed E-state index contributed by atoms with van der Waals surface area (Å²) in [6.07, 6.45) is 2.85. The molecular formula is C11H14N2O4. The number of nitrogens with zero attached hydrogens (tertiary/aromatic N) is 1. The van der Waals surface area contributed by atoms with Crippen LogP contribution in [0.15, 0.2) is 22.8 Å². The van der Waals surface area contributed by atoms with Crippen molar-refractivity contribution < 1.29 is 19.1 Å².